The molecular formula is C20H28BrN5O5S. The van der Waals surface area contributed by atoms with Gasteiger partial charge in [-0.1, -0.05) is 15.9 Å². The maximum absolute atomic E-state index is 13.5. The van der Waals surface area contributed by atoms with Gasteiger partial charge >= 0.3 is 0 Å². The molecule has 2 atom stereocenters. The third kappa shape index (κ3) is 4.79. The van der Waals surface area contributed by atoms with Gasteiger partial charge in [-0.05, 0) is 30.2 Å². The highest BCUT2D eigenvalue weighted by Crippen LogP contribution is 2.42. The molecule has 1 aromatic carbocycles. The zero-order valence-corrected chi connectivity index (χ0v) is 20.1. The van der Waals surface area contributed by atoms with Crippen LogP contribution in [0.4, 0.5) is 5.69 Å². The van der Waals surface area contributed by atoms with Crippen molar-refractivity contribution in [2.24, 2.45) is 5.73 Å². The van der Waals surface area contributed by atoms with Crippen LogP contribution in [-0.4, -0.2) is 99.4 Å². The normalized spacial score (nSPS) is 24.9. The van der Waals surface area contributed by atoms with Crippen LogP contribution in [0.1, 0.15) is 17.2 Å². The predicted octanol–water partition coefficient (Wildman–Crippen LogP) is -0.0341. The van der Waals surface area contributed by atoms with Crippen LogP contribution in [0.3, 0.4) is 0 Å². The van der Waals surface area contributed by atoms with Crippen LogP contribution >= 0.6 is 15.9 Å². The summed E-state index contributed by atoms with van der Waals surface area (Å²) in [5.74, 6) is -0.975. The van der Waals surface area contributed by atoms with Gasteiger partial charge in [0, 0.05) is 49.4 Å². The summed E-state index contributed by atoms with van der Waals surface area (Å²) in [6, 6.07) is 4.06. The minimum absolute atomic E-state index is 0.191. The molecule has 10 nitrogen and oxygen atoms in total. The van der Waals surface area contributed by atoms with E-state index >= 15 is 0 Å². The number of ether oxygens (including phenoxy) is 1. The number of piperazine rings is 1. The van der Waals surface area contributed by atoms with E-state index in [4.69, 9.17) is 10.5 Å². The highest BCUT2D eigenvalue weighted by Gasteiger charge is 2.48. The molecule has 3 heterocycles. The molecular weight excluding hydrogens is 502 g/mol. The Labute approximate surface area is 196 Å². The van der Waals surface area contributed by atoms with Crippen LogP contribution in [-0.2, 0) is 24.3 Å². The smallest absolute Gasteiger partial charge is 0.241 e. The number of hydrogen-bond acceptors (Lipinski definition) is 7. The van der Waals surface area contributed by atoms with Gasteiger partial charge in [0.1, 0.15) is 11.3 Å². The summed E-state index contributed by atoms with van der Waals surface area (Å²) in [4.78, 5) is 28.8. The molecule has 2 saturated heterocycles. The first kappa shape index (κ1) is 23.4. The number of nitrogens with zero attached hydrogens (tertiary/aromatic N) is 3. The summed E-state index contributed by atoms with van der Waals surface area (Å²) >= 11 is 3.36. The average Bonchev–Trinajstić information content (AvgIpc) is 3.15. The van der Waals surface area contributed by atoms with Gasteiger partial charge in [0.2, 0.25) is 21.8 Å². The van der Waals surface area contributed by atoms with E-state index in [1.54, 1.807) is 23.1 Å². The second-order valence-electron chi connectivity index (χ2n) is 8.24. The van der Waals surface area contributed by atoms with Crippen molar-refractivity contribution in [1.29, 1.82) is 0 Å². The molecule has 0 saturated carbocycles. The first-order valence-corrected chi connectivity index (χ1v) is 13.0. The van der Waals surface area contributed by atoms with Crippen LogP contribution in [0.5, 0.6) is 0 Å². The lowest BCUT2D eigenvalue weighted by atomic mass is 10.1. The first-order valence-electron chi connectivity index (χ1n) is 10.7. The highest BCUT2D eigenvalue weighted by molar-refractivity contribution is 9.10. The minimum atomic E-state index is -4.00. The lowest BCUT2D eigenvalue weighted by Gasteiger charge is -2.36. The third-order valence-electron chi connectivity index (χ3n) is 6.21. The van der Waals surface area contributed by atoms with Crippen molar-refractivity contribution in [3.63, 3.8) is 0 Å². The van der Waals surface area contributed by atoms with E-state index in [1.807, 2.05) is 0 Å². The van der Waals surface area contributed by atoms with E-state index in [-0.39, 0.29) is 19.0 Å². The number of sulfonamides is 1. The van der Waals surface area contributed by atoms with Gasteiger partial charge in [-0.2, -0.15) is 4.31 Å². The molecule has 0 bridgehead atoms. The number of halogens is 1. The van der Waals surface area contributed by atoms with Crippen molar-refractivity contribution < 1.29 is 22.7 Å². The van der Waals surface area contributed by atoms with E-state index in [0.29, 0.717) is 28.8 Å². The summed E-state index contributed by atoms with van der Waals surface area (Å²) in [6.45, 7) is 5.02. The number of rotatable bonds is 7. The van der Waals surface area contributed by atoms with Crippen LogP contribution in [0.25, 0.3) is 0 Å². The van der Waals surface area contributed by atoms with Gasteiger partial charge in [-0.3, -0.25) is 14.5 Å². The molecule has 2 amide bonds. The van der Waals surface area contributed by atoms with Crippen molar-refractivity contribution in [2.75, 3.05) is 64.3 Å². The largest absolute Gasteiger partial charge is 0.379 e. The summed E-state index contributed by atoms with van der Waals surface area (Å²) in [5.41, 5.74) is 6.54. The fourth-order valence-electron chi connectivity index (χ4n) is 4.49. The van der Waals surface area contributed by atoms with Gasteiger partial charge in [0.15, 0.2) is 0 Å². The number of benzene rings is 1. The minimum Gasteiger partial charge on any atom is -0.379 e. The molecule has 1 aromatic rings. The SMILES string of the molecule is NC(=O)C1Nc2ccc(Br)cc2C1S(=O)(=O)N1CCN(CCCN2CCOCC2)C(=O)C1. The highest BCUT2D eigenvalue weighted by atomic mass is 79.9. The molecule has 0 radical (unpaired) electrons. The van der Waals surface area contributed by atoms with Crippen LogP contribution < -0.4 is 11.1 Å². The van der Waals surface area contributed by atoms with Gasteiger partial charge < -0.3 is 20.7 Å². The van der Waals surface area contributed by atoms with Crippen LogP contribution in [0.15, 0.2) is 22.7 Å². The molecule has 3 aliphatic rings. The van der Waals surface area contributed by atoms with E-state index < -0.39 is 27.2 Å². The van der Waals surface area contributed by atoms with Gasteiger partial charge in [-0.25, -0.2) is 8.42 Å². The molecule has 4 rings (SSSR count). The number of hydrogen-bond donors (Lipinski definition) is 2. The second kappa shape index (κ2) is 9.64. The molecule has 12 heteroatoms. The van der Waals surface area contributed by atoms with Crippen molar-refractivity contribution in [1.82, 2.24) is 14.1 Å². The number of fused-ring (bicyclic) bond motifs is 1. The Morgan fingerprint density at radius 3 is 2.62 bits per heavy atom. The fourth-order valence-corrected chi connectivity index (χ4v) is 6.88. The Bertz CT molecular complexity index is 985. The molecule has 32 heavy (non-hydrogen) atoms. The Morgan fingerprint density at radius 2 is 1.94 bits per heavy atom. The summed E-state index contributed by atoms with van der Waals surface area (Å²) in [5, 5.41) is 1.75. The molecule has 0 aliphatic carbocycles. The Hall–Kier alpha value is -1.73. The van der Waals surface area contributed by atoms with E-state index in [2.05, 4.69) is 26.1 Å². The van der Waals surface area contributed by atoms with Crippen molar-refractivity contribution >= 4 is 43.5 Å². The van der Waals surface area contributed by atoms with E-state index in [0.717, 1.165) is 39.3 Å². The van der Waals surface area contributed by atoms with Crippen LogP contribution in [0.2, 0.25) is 0 Å². The molecule has 2 fully saturated rings. The monoisotopic (exact) mass is 529 g/mol. The quantitative estimate of drug-likeness (QED) is 0.507. The van der Waals surface area contributed by atoms with Crippen LogP contribution in [0, 0.1) is 0 Å². The molecule has 3 N–H and O–H groups in total. The zero-order chi connectivity index (χ0) is 22.9. The lowest BCUT2D eigenvalue weighted by molar-refractivity contribution is -0.134. The standard InChI is InChI=1S/C20H28BrN5O5S/c21-14-2-3-16-15(12-14)19(18(23-16)20(22)28)32(29,30)26-7-6-25(17(27)13-26)5-1-4-24-8-10-31-11-9-24/h2-3,12,18-19,23H,1,4-11,13H2,(H2,22,28). The van der Waals surface area contributed by atoms with E-state index in [1.165, 1.54) is 4.31 Å². The Morgan fingerprint density at radius 1 is 1.19 bits per heavy atom. The zero-order valence-electron chi connectivity index (χ0n) is 17.7. The molecule has 0 spiro atoms. The molecule has 176 valence electrons. The summed E-state index contributed by atoms with van der Waals surface area (Å²) in [7, 11) is -4.00. The van der Waals surface area contributed by atoms with Gasteiger partial charge in [0.25, 0.3) is 0 Å². The number of carbonyl (C=O) groups is 2. The number of nitrogens with two attached hydrogens (primary N) is 1. The number of primary amides is 1. The fraction of sp³-hybridized carbons (Fsp3) is 0.600. The van der Waals surface area contributed by atoms with Crippen molar-refractivity contribution in [2.45, 2.75) is 17.7 Å². The second-order valence-corrected chi connectivity index (χ2v) is 11.2. The first-order chi connectivity index (χ1) is 15.3. The Kier molecular flexibility index (Phi) is 7.06. The lowest BCUT2D eigenvalue weighted by Crippen LogP contribution is -2.54. The molecule has 3 aliphatic heterocycles. The topological polar surface area (TPSA) is 125 Å². The third-order valence-corrected chi connectivity index (χ3v) is 8.90. The number of anilines is 1. The Balaban J connectivity index is 1.42. The average molecular weight is 530 g/mol. The summed E-state index contributed by atoms with van der Waals surface area (Å²) in [6.07, 6.45) is 0.830. The van der Waals surface area contributed by atoms with Crippen molar-refractivity contribution in [3.05, 3.63) is 28.2 Å². The number of nitrogens with one attached hydrogen (secondary N) is 1. The number of amides is 2. The van der Waals surface area contributed by atoms with E-state index in [9.17, 15) is 18.0 Å². The molecule has 0 aromatic heterocycles. The number of carbonyl (C=O) groups excluding carboxylic acids is 2. The van der Waals surface area contributed by atoms with Gasteiger partial charge in [0.05, 0.1) is 19.8 Å². The predicted molar refractivity (Wildman–Crippen MR) is 122 cm³/mol. The number of morpholine rings is 1. The summed E-state index contributed by atoms with van der Waals surface area (Å²) < 4.78 is 34.3. The van der Waals surface area contributed by atoms with Crippen molar-refractivity contribution in [3.8, 4) is 0 Å². The maximum Gasteiger partial charge on any atom is 0.241 e. The maximum atomic E-state index is 13.5. The molecule has 2 unspecified atom stereocenters. The van der Waals surface area contributed by atoms with Gasteiger partial charge in [-0.15, -0.1) is 0 Å².